The van der Waals surface area contributed by atoms with Gasteiger partial charge in [0.15, 0.2) is 0 Å². The van der Waals surface area contributed by atoms with E-state index in [1.165, 1.54) is 17.3 Å². The van der Waals surface area contributed by atoms with Crippen molar-refractivity contribution in [3.63, 3.8) is 0 Å². The molecular weight excluding hydrogens is 260 g/mol. The van der Waals surface area contributed by atoms with E-state index < -0.39 is 0 Å². The molecule has 9 heteroatoms. The fourth-order valence-corrected chi connectivity index (χ4v) is 2.15. The number of tetrazole rings is 1. The van der Waals surface area contributed by atoms with Gasteiger partial charge in [-0.25, -0.2) is 9.67 Å². The lowest BCUT2D eigenvalue weighted by Gasteiger charge is -2.17. The number of nitrogens with zero attached hydrogens (tertiary/aromatic N) is 7. The minimum absolute atomic E-state index is 0.0274. The van der Waals surface area contributed by atoms with Crippen LogP contribution in [0.1, 0.15) is 31.1 Å². The second-order valence-electron chi connectivity index (χ2n) is 4.95. The van der Waals surface area contributed by atoms with Crippen LogP contribution in [0.2, 0.25) is 0 Å². The first-order chi connectivity index (χ1) is 9.74. The fraction of sp³-hybridized carbons (Fsp3) is 0.636. The third-order valence-corrected chi connectivity index (χ3v) is 3.39. The Kier molecular flexibility index (Phi) is 3.40. The quantitative estimate of drug-likeness (QED) is 0.760. The molecule has 0 saturated heterocycles. The first kappa shape index (κ1) is 12.7. The molecule has 1 atom stereocenters. The molecule has 0 aromatic carbocycles. The molecule has 0 aliphatic heterocycles. The molecule has 1 unspecified atom stereocenters. The standard InChI is InChI=1S/C11H16N8O/c1-18-11(12-6-14-18)10(8-2-3-8)15-9(20)4-5-19-7-13-16-17-19/h6-8,10H,2-5H2,1H3,(H,15,20). The second kappa shape index (κ2) is 5.35. The molecule has 20 heavy (non-hydrogen) atoms. The molecule has 3 rings (SSSR count). The van der Waals surface area contributed by atoms with Crippen molar-refractivity contribution < 1.29 is 4.79 Å². The maximum absolute atomic E-state index is 12.0. The van der Waals surface area contributed by atoms with Crippen LogP contribution in [0, 0.1) is 5.92 Å². The van der Waals surface area contributed by atoms with Crippen molar-refractivity contribution in [3.05, 3.63) is 18.5 Å². The molecule has 9 nitrogen and oxygen atoms in total. The number of amides is 1. The third-order valence-electron chi connectivity index (χ3n) is 3.39. The number of aromatic nitrogens is 7. The van der Waals surface area contributed by atoms with E-state index in [0.717, 1.165) is 18.7 Å². The lowest BCUT2D eigenvalue weighted by atomic mass is 10.1. The summed E-state index contributed by atoms with van der Waals surface area (Å²) >= 11 is 0. The van der Waals surface area contributed by atoms with E-state index in [0.29, 0.717) is 18.9 Å². The molecule has 0 bridgehead atoms. The van der Waals surface area contributed by atoms with Gasteiger partial charge in [-0.2, -0.15) is 5.10 Å². The Hall–Kier alpha value is -2.32. The summed E-state index contributed by atoms with van der Waals surface area (Å²) in [6.45, 7) is 0.467. The number of aryl methyl sites for hydroxylation is 2. The van der Waals surface area contributed by atoms with E-state index >= 15 is 0 Å². The molecule has 0 radical (unpaired) electrons. The van der Waals surface area contributed by atoms with Crippen LogP contribution in [0.15, 0.2) is 12.7 Å². The predicted octanol–water partition coefficient (Wildman–Crippen LogP) is -0.541. The van der Waals surface area contributed by atoms with Gasteiger partial charge in [0.05, 0.1) is 12.6 Å². The van der Waals surface area contributed by atoms with Crippen molar-refractivity contribution in [1.29, 1.82) is 0 Å². The van der Waals surface area contributed by atoms with E-state index in [2.05, 4.69) is 30.9 Å². The molecule has 2 aromatic heterocycles. The van der Waals surface area contributed by atoms with Gasteiger partial charge < -0.3 is 5.32 Å². The van der Waals surface area contributed by atoms with Gasteiger partial charge in [-0.15, -0.1) is 5.10 Å². The second-order valence-corrected chi connectivity index (χ2v) is 4.95. The number of carbonyl (C=O) groups is 1. The van der Waals surface area contributed by atoms with Crippen LogP contribution >= 0.6 is 0 Å². The van der Waals surface area contributed by atoms with Crippen LogP contribution in [0.5, 0.6) is 0 Å². The van der Waals surface area contributed by atoms with E-state index in [9.17, 15) is 4.79 Å². The van der Waals surface area contributed by atoms with Crippen LogP contribution in [0.25, 0.3) is 0 Å². The van der Waals surface area contributed by atoms with Gasteiger partial charge in [0.1, 0.15) is 18.5 Å². The summed E-state index contributed by atoms with van der Waals surface area (Å²) in [6.07, 6.45) is 5.58. The fourth-order valence-electron chi connectivity index (χ4n) is 2.15. The summed E-state index contributed by atoms with van der Waals surface area (Å²) in [5, 5.41) is 17.9. The highest BCUT2D eigenvalue weighted by molar-refractivity contribution is 5.76. The Morgan fingerprint density at radius 3 is 3.00 bits per heavy atom. The largest absolute Gasteiger partial charge is 0.346 e. The lowest BCUT2D eigenvalue weighted by Crippen LogP contribution is -2.32. The number of carbonyl (C=O) groups excluding carboxylic acids is 1. The Bertz CT molecular complexity index is 573. The molecule has 2 aromatic rings. The van der Waals surface area contributed by atoms with Crippen molar-refractivity contribution in [2.24, 2.45) is 13.0 Å². The van der Waals surface area contributed by atoms with Crippen LogP contribution in [-0.2, 0) is 18.4 Å². The topological polar surface area (TPSA) is 103 Å². The molecule has 1 amide bonds. The van der Waals surface area contributed by atoms with Gasteiger partial charge in [0.2, 0.25) is 5.91 Å². The van der Waals surface area contributed by atoms with Crippen LogP contribution in [0.3, 0.4) is 0 Å². The van der Waals surface area contributed by atoms with Crippen LogP contribution in [-0.4, -0.2) is 40.9 Å². The monoisotopic (exact) mass is 276 g/mol. The summed E-state index contributed by atoms with van der Waals surface area (Å²) in [4.78, 5) is 16.3. The number of hydrogen-bond acceptors (Lipinski definition) is 6. The summed E-state index contributed by atoms with van der Waals surface area (Å²) in [5.74, 6) is 1.25. The van der Waals surface area contributed by atoms with Gasteiger partial charge in [-0.3, -0.25) is 9.48 Å². The van der Waals surface area contributed by atoms with Crippen LogP contribution in [0.4, 0.5) is 0 Å². The van der Waals surface area contributed by atoms with Crippen molar-refractivity contribution in [3.8, 4) is 0 Å². The van der Waals surface area contributed by atoms with Gasteiger partial charge in [0, 0.05) is 13.5 Å². The van der Waals surface area contributed by atoms with E-state index in [1.807, 2.05) is 7.05 Å². The van der Waals surface area contributed by atoms with E-state index in [-0.39, 0.29) is 11.9 Å². The summed E-state index contributed by atoms with van der Waals surface area (Å²) in [5.41, 5.74) is 0. The number of nitrogens with one attached hydrogen (secondary N) is 1. The zero-order valence-electron chi connectivity index (χ0n) is 11.2. The Labute approximate surface area is 115 Å². The van der Waals surface area contributed by atoms with Crippen molar-refractivity contribution in [2.45, 2.75) is 31.8 Å². The molecule has 1 aliphatic rings. The van der Waals surface area contributed by atoms with Crippen molar-refractivity contribution in [2.75, 3.05) is 0 Å². The normalized spacial score (nSPS) is 16.1. The smallest absolute Gasteiger partial charge is 0.222 e. The minimum atomic E-state index is -0.0520. The first-order valence-corrected chi connectivity index (χ1v) is 6.58. The van der Waals surface area contributed by atoms with Crippen molar-refractivity contribution >= 4 is 5.91 Å². The summed E-state index contributed by atoms with van der Waals surface area (Å²) in [7, 11) is 1.84. The highest BCUT2D eigenvalue weighted by Crippen LogP contribution is 2.40. The summed E-state index contributed by atoms with van der Waals surface area (Å²) < 4.78 is 3.25. The number of hydrogen-bond donors (Lipinski definition) is 1. The molecule has 1 fully saturated rings. The molecule has 1 saturated carbocycles. The highest BCUT2D eigenvalue weighted by atomic mass is 16.1. The SMILES string of the molecule is Cn1ncnc1C(NC(=O)CCn1cnnn1)C1CC1. The molecule has 1 N–H and O–H groups in total. The molecular formula is C11H16N8O. The zero-order chi connectivity index (χ0) is 13.9. The van der Waals surface area contributed by atoms with Gasteiger partial charge in [0.25, 0.3) is 0 Å². The molecule has 106 valence electrons. The van der Waals surface area contributed by atoms with E-state index in [1.54, 1.807) is 4.68 Å². The van der Waals surface area contributed by atoms with Gasteiger partial charge in [-0.1, -0.05) is 0 Å². The molecule has 1 aliphatic carbocycles. The van der Waals surface area contributed by atoms with Crippen LogP contribution < -0.4 is 5.32 Å². The van der Waals surface area contributed by atoms with E-state index in [4.69, 9.17) is 0 Å². The van der Waals surface area contributed by atoms with Crippen molar-refractivity contribution in [1.82, 2.24) is 40.3 Å². The van der Waals surface area contributed by atoms with Gasteiger partial charge in [-0.05, 0) is 29.2 Å². The molecule has 0 spiro atoms. The zero-order valence-corrected chi connectivity index (χ0v) is 11.2. The Morgan fingerprint density at radius 2 is 2.40 bits per heavy atom. The summed E-state index contributed by atoms with van der Waals surface area (Å²) in [6, 6.07) is -0.0520. The van der Waals surface area contributed by atoms with Gasteiger partial charge >= 0.3 is 0 Å². The predicted molar refractivity (Wildman–Crippen MR) is 67.0 cm³/mol. The average Bonchev–Trinajstić information content (AvgIpc) is 2.97. The Morgan fingerprint density at radius 1 is 1.55 bits per heavy atom. The maximum Gasteiger partial charge on any atom is 0.222 e. The third kappa shape index (κ3) is 2.81. The maximum atomic E-state index is 12.0. The minimum Gasteiger partial charge on any atom is -0.346 e. The highest BCUT2D eigenvalue weighted by Gasteiger charge is 2.35. The Balaban J connectivity index is 1.59. The first-order valence-electron chi connectivity index (χ1n) is 6.58. The lowest BCUT2D eigenvalue weighted by molar-refractivity contribution is -0.122. The molecule has 2 heterocycles. The average molecular weight is 276 g/mol. The number of rotatable bonds is 6.